The number of rotatable bonds is 10. The van der Waals surface area contributed by atoms with Crippen molar-refractivity contribution in [2.45, 2.75) is 45.1 Å². The number of nitrogens with zero attached hydrogens (tertiary/aromatic N) is 1. The molecule has 1 amide bonds. The van der Waals surface area contributed by atoms with Crippen LogP contribution in [0.1, 0.15) is 39.0 Å². The van der Waals surface area contributed by atoms with E-state index in [1.165, 1.54) is 18.4 Å². The van der Waals surface area contributed by atoms with Gasteiger partial charge in [-0.2, -0.15) is 0 Å². The molecule has 1 saturated heterocycles. The van der Waals surface area contributed by atoms with Crippen LogP contribution in [-0.2, 0) is 14.3 Å². The number of hydrogen-bond donors (Lipinski definition) is 4. The van der Waals surface area contributed by atoms with E-state index in [1.807, 2.05) is 0 Å². The summed E-state index contributed by atoms with van der Waals surface area (Å²) in [5, 5.41) is 18.5. The van der Waals surface area contributed by atoms with E-state index in [1.54, 1.807) is 11.8 Å². The third-order valence-electron chi connectivity index (χ3n) is 4.27. The summed E-state index contributed by atoms with van der Waals surface area (Å²) in [6, 6.07) is -0.108. The van der Waals surface area contributed by atoms with Crippen LogP contribution in [0.5, 0.6) is 0 Å². The number of allylic oxidation sites excluding steroid dienone is 4. The van der Waals surface area contributed by atoms with Crippen molar-refractivity contribution in [3.8, 4) is 0 Å². The number of hydrogen-bond acceptors (Lipinski definition) is 6. The minimum absolute atomic E-state index is 0.0681. The number of carbonyl (C=O) groups is 2. The number of aliphatic hydroxyl groups excluding tert-OH is 1. The van der Waals surface area contributed by atoms with Crippen molar-refractivity contribution in [3.63, 3.8) is 0 Å². The summed E-state index contributed by atoms with van der Waals surface area (Å²) in [6.07, 6.45) is 6.09. The summed E-state index contributed by atoms with van der Waals surface area (Å²) in [5.41, 5.74) is 11.8. The Morgan fingerprint density at radius 2 is 2.04 bits per heavy atom. The first-order valence-corrected chi connectivity index (χ1v) is 8.81. The standard InChI is InChI=1S/C19H29N3O5/c1-3-14(9-17(23)13(2)21)10-18(24)22-8-4-5-15(22)12-27-16(11-20)6-7-19(25)26/h3,9,11,15,23H,1,4-8,10,12,20-21H2,2H3,(H,25,26)/b14-9+,16-11-,17-13-/t15-/m0/s1. The SMILES string of the molecule is C=C/C(=C\C(O)=C(/C)N)CC(=O)N1CCC[C@H]1CO/C(=C\N)CCC(=O)O. The van der Waals surface area contributed by atoms with E-state index in [9.17, 15) is 14.7 Å². The molecule has 0 spiro atoms. The van der Waals surface area contributed by atoms with Gasteiger partial charge in [-0.1, -0.05) is 12.7 Å². The molecule has 0 aliphatic carbocycles. The van der Waals surface area contributed by atoms with Crippen LogP contribution in [0.4, 0.5) is 0 Å². The van der Waals surface area contributed by atoms with Gasteiger partial charge in [0.15, 0.2) is 0 Å². The van der Waals surface area contributed by atoms with Gasteiger partial charge in [-0.25, -0.2) is 0 Å². The second-order valence-electron chi connectivity index (χ2n) is 6.39. The van der Waals surface area contributed by atoms with Gasteiger partial charge in [-0.3, -0.25) is 9.59 Å². The first-order valence-electron chi connectivity index (χ1n) is 8.81. The fraction of sp³-hybridized carbons (Fsp3) is 0.474. The highest BCUT2D eigenvalue weighted by atomic mass is 16.5. The maximum absolute atomic E-state index is 12.6. The molecule has 0 aromatic carbocycles. The van der Waals surface area contributed by atoms with Gasteiger partial charge in [0.1, 0.15) is 18.1 Å². The molecule has 6 N–H and O–H groups in total. The molecule has 27 heavy (non-hydrogen) atoms. The highest BCUT2D eigenvalue weighted by Crippen LogP contribution is 2.22. The van der Waals surface area contributed by atoms with Crippen LogP contribution < -0.4 is 11.5 Å². The number of ether oxygens (including phenoxy) is 1. The lowest BCUT2D eigenvalue weighted by atomic mass is 10.1. The van der Waals surface area contributed by atoms with Gasteiger partial charge in [-0.15, -0.1) is 0 Å². The van der Waals surface area contributed by atoms with Crippen LogP contribution in [0.25, 0.3) is 0 Å². The zero-order valence-corrected chi connectivity index (χ0v) is 15.7. The molecular weight excluding hydrogens is 350 g/mol. The van der Waals surface area contributed by atoms with Gasteiger partial charge in [-0.05, 0) is 31.4 Å². The van der Waals surface area contributed by atoms with Crippen LogP contribution in [0.3, 0.4) is 0 Å². The molecule has 8 nitrogen and oxygen atoms in total. The molecule has 0 radical (unpaired) electrons. The Hall–Kier alpha value is -2.90. The van der Waals surface area contributed by atoms with Crippen molar-refractivity contribution in [2.24, 2.45) is 11.5 Å². The Labute approximate surface area is 159 Å². The second kappa shape index (κ2) is 10.9. The van der Waals surface area contributed by atoms with Crippen LogP contribution in [0.2, 0.25) is 0 Å². The molecule has 1 atom stereocenters. The fourth-order valence-corrected chi connectivity index (χ4v) is 2.72. The molecule has 150 valence electrons. The smallest absolute Gasteiger partial charge is 0.303 e. The number of aliphatic hydroxyl groups is 1. The number of carboxylic acids is 1. The predicted octanol–water partition coefficient (Wildman–Crippen LogP) is 1.91. The van der Waals surface area contributed by atoms with Crippen molar-refractivity contribution in [1.29, 1.82) is 0 Å². The van der Waals surface area contributed by atoms with E-state index in [2.05, 4.69) is 6.58 Å². The first-order chi connectivity index (χ1) is 12.8. The molecule has 1 aliphatic rings. The highest BCUT2D eigenvalue weighted by Gasteiger charge is 2.29. The Morgan fingerprint density at radius 3 is 2.59 bits per heavy atom. The van der Waals surface area contributed by atoms with Gasteiger partial charge < -0.3 is 31.3 Å². The Balaban J connectivity index is 2.67. The minimum Gasteiger partial charge on any atom is -0.506 e. The third kappa shape index (κ3) is 7.47. The lowest BCUT2D eigenvalue weighted by Gasteiger charge is -2.25. The maximum atomic E-state index is 12.6. The average Bonchev–Trinajstić information content (AvgIpc) is 3.09. The number of carbonyl (C=O) groups excluding carboxylic acids is 1. The van der Waals surface area contributed by atoms with Crippen molar-refractivity contribution >= 4 is 11.9 Å². The Morgan fingerprint density at radius 1 is 1.33 bits per heavy atom. The van der Waals surface area contributed by atoms with Crippen molar-refractivity contribution in [3.05, 3.63) is 47.7 Å². The predicted molar refractivity (Wildman–Crippen MR) is 102 cm³/mol. The van der Waals surface area contributed by atoms with Gasteiger partial charge in [0.2, 0.25) is 5.91 Å². The molecule has 0 unspecified atom stereocenters. The molecule has 0 bridgehead atoms. The molecule has 0 aromatic rings. The number of aliphatic carboxylic acids is 1. The lowest BCUT2D eigenvalue weighted by Crippen LogP contribution is -2.38. The monoisotopic (exact) mass is 379 g/mol. The van der Waals surface area contributed by atoms with E-state index >= 15 is 0 Å². The number of likely N-dealkylation sites (tertiary alicyclic amines) is 1. The van der Waals surface area contributed by atoms with Gasteiger partial charge in [0, 0.05) is 24.9 Å². The fourth-order valence-electron chi connectivity index (χ4n) is 2.72. The zero-order chi connectivity index (χ0) is 20.4. The highest BCUT2D eigenvalue weighted by molar-refractivity contribution is 5.80. The van der Waals surface area contributed by atoms with Crippen molar-refractivity contribution < 1.29 is 24.5 Å². The molecule has 0 aromatic heterocycles. The Kier molecular flexibility index (Phi) is 8.98. The molecule has 1 aliphatic heterocycles. The molecule has 1 rings (SSSR count). The van der Waals surface area contributed by atoms with E-state index < -0.39 is 5.97 Å². The van der Waals surface area contributed by atoms with Gasteiger partial charge >= 0.3 is 5.97 Å². The minimum atomic E-state index is -0.926. The summed E-state index contributed by atoms with van der Waals surface area (Å²) in [7, 11) is 0. The molecule has 0 saturated carbocycles. The normalized spacial score (nSPS) is 18.9. The summed E-state index contributed by atoms with van der Waals surface area (Å²) in [6.45, 7) is 6.11. The van der Waals surface area contributed by atoms with Crippen molar-refractivity contribution in [1.82, 2.24) is 4.90 Å². The lowest BCUT2D eigenvalue weighted by molar-refractivity contribution is -0.137. The van der Waals surface area contributed by atoms with E-state index in [4.69, 9.17) is 21.3 Å². The van der Waals surface area contributed by atoms with Crippen LogP contribution >= 0.6 is 0 Å². The molecule has 1 fully saturated rings. The van der Waals surface area contributed by atoms with Crippen LogP contribution in [0.15, 0.2) is 47.7 Å². The topological polar surface area (TPSA) is 139 Å². The average molecular weight is 379 g/mol. The number of amides is 1. The largest absolute Gasteiger partial charge is 0.506 e. The third-order valence-corrected chi connectivity index (χ3v) is 4.27. The summed E-state index contributed by atoms with van der Waals surface area (Å²) >= 11 is 0. The summed E-state index contributed by atoms with van der Waals surface area (Å²) in [5.74, 6) is -0.713. The van der Waals surface area contributed by atoms with Gasteiger partial charge in [0.05, 0.1) is 18.9 Å². The van der Waals surface area contributed by atoms with Crippen molar-refractivity contribution in [2.75, 3.05) is 13.2 Å². The molecular formula is C19H29N3O5. The zero-order valence-electron chi connectivity index (χ0n) is 15.7. The van der Waals surface area contributed by atoms with Crippen LogP contribution in [0, 0.1) is 0 Å². The molecule has 8 heteroatoms. The molecule has 1 heterocycles. The quantitative estimate of drug-likeness (QED) is 0.336. The second-order valence-corrected chi connectivity index (χ2v) is 6.39. The Bertz CT molecular complexity index is 648. The maximum Gasteiger partial charge on any atom is 0.303 e. The van der Waals surface area contributed by atoms with E-state index in [0.717, 1.165) is 12.8 Å². The summed E-state index contributed by atoms with van der Waals surface area (Å²) < 4.78 is 5.61. The number of nitrogens with two attached hydrogens (primary N) is 2. The first kappa shape index (κ1) is 22.1. The number of carboxylic acid groups (broad SMARTS) is 1. The van der Waals surface area contributed by atoms with Crippen LogP contribution in [-0.4, -0.2) is 46.2 Å². The van der Waals surface area contributed by atoms with Gasteiger partial charge in [0.25, 0.3) is 0 Å². The summed E-state index contributed by atoms with van der Waals surface area (Å²) in [4.78, 5) is 25.0. The van der Waals surface area contributed by atoms with E-state index in [0.29, 0.717) is 17.9 Å². The van der Waals surface area contributed by atoms with E-state index in [-0.39, 0.29) is 49.3 Å².